The quantitative estimate of drug-likeness (QED) is 0.782. The number of aromatic carboxylic acids is 1. The molecule has 0 amide bonds. The van der Waals surface area contributed by atoms with Crippen molar-refractivity contribution in [2.75, 3.05) is 7.11 Å². The Morgan fingerprint density at radius 2 is 2.14 bits per heavy atom. The number of aromatic nitrogens is 2. The van der Waals surface area contributed by atoms with E-state index in [0.29, 0.717) is 17.8 Å². The summed E-state index contributed by atoms with van der Waals surface area (Å²) >= 11 is 0. The van der Waals surface area contributed by atoms with Crippen LogP contribution in [0.1, 0.15) is 28.7 Å². The molecule has 0 aliphatic rings. The number of aryl methyl sites for hydroxylation is 2. The smallest absolute Gasteiger partial charge is 0.339 e. The lowest BCUT2D eigenvalue weighted by molar-refractivity contribution is 0.0693. The van der Waals surface area contributed by atoms with Crippen LogP contribution in [-0.4, -0.2) is 28.2 Å². The number of carbonyl (C=O) groups is 1. The van der Waals surface area contributed by atoms with E-state index in [2.05, 4.69) is 9.97 Å². The molecular weight excluding hydrogens is 184 g/mol. The second kappa shape index (κ2) is 4.04. The Kier molecular flexibility index (Phi) is 3.01. The maximum absolute atomic E-state index is 10.9. The van der Waals surface area contributed by atoms with Crippen molar-refractivity contribution in [2.45, 2.75) is 20.3 Å². The van der Waals surface area contributed by atoms with Crippen molar-refractivity contribution in [3.63, 3.8) is 0 Å². The molecule has 0 spiro atoms. The molecule has 0 fully saturated rings. The van der Waals surface area contributed by atoms with Gasteiger partial charge in [0.05, 0.1) is 18.5 Å². The fourth-order valence-corrected chi connectivity index (χ4v) is 1.23. The van der Waals surface area contributed by atoms with E-state index in [4.69, 9.17) is 9.84 Å². The van der Waals surface area contributed by atoms with Crippen molar-refractivity contribution >= 4 is 5.97 Å². The van der Waals surface area contributed by atoms with E-state index in [1.54, 1.807) is 6.92 Å². The molecule has 1 N–H and O–H groups in total. The summed E-state index contributed by atoms with van der Waals surface area (Å²) in [5.74, 6) is -0.998. The molecule has 0 aromatic carbocycles. The largest absolute Gasteiger partial charge is 0.478 e. The van der Waals surface area contributed by atoms with Crippen LogP contribution in [0.3, 0.4) is 0 Å². The van der Waals surface area contributed by atoms with Crippen LogP contribution >= 0.6 is 0 Å². The molecule has 0 saturated heterocycles. The fourth-order valence-electron chi connectivity index (χ4n) is 1.23. The van der Waals surface area contributed by atoms with E-state index in [-0.39, 0.29) is 11.6 Å². The number of ether oxygens (including phenoxy) is 1. The first-order chi connectivity index (χ1) is 6.60. The normalized spacial score (nSPS) is 9.93. The molecule has 0 aliphatic carbocycles. The SMILES string of the molecule is CCc1nc(OC)nc(C)c1C(=O)O. The van der Waals surface area contributed by atoms with Crippen molar-refractivity contribution in [1.82, 2.24) is 9.97 Å². The van der Waals surface area contributed by atoms with Crippen molar-refractivity contribution in [2.24, 2.45) is 0 Å². The first-order valence-corrected chi connectivity index (χ1v) is 4.25. The zero-order valence-electron chi connectivity index (χ0n) is 8.37. The van der Waals surface area contributed by atoms with Gasteiger partial charge in [0.15, 0.2) is 0 Å². The van der Waals surface area contributed by atoms with Crippen LogP contribution in [0.25, 0.3) is 0 Å². The minimum atomic E-state index is -0.998. The lowest BCUT2D eigenvalue weighted by Gasteiger charge is -2.07. The van der Waals surface area contributed by atoms with Gasteiger partial charge < -0.3 is 9.84 Å². The summed E-state index contributed by atoms with van der Waals surface area (Å²) in [5, 5.41) is 8.92. The van der Waals surface area contributed by atoms with Crippen LogP contribution in [0, 0.1) is 6.92 Å². The molecule has 0 saturated carbocycles. The molecule has 0 aliphatic heterocycles. The lowest BCUT2D eigenvalue weighted by atomic mass is 10.1. The number of carboxylic acid groups (broad SMARTS) is 1. The highest BCUT2D eigenvalue weighted by atomic mass is 16.5. The van der Waals surface area contributed by atoms with Crippen LogP contribution in [0.2, 0.25) is 0 Å². The third-order valence-electron chi connectivity index (χ3n) is 1.88. The average Bonchev–Trinajstić information content (AvgIpc) is 2.15. The van der Waals surface area contributed by atoms with E-state index in [0.717, 1.165) is 0 Å². The van der Waals surface area contributed by atoms with Crippen LogP contribution in [-0.2, 0) is 6.42 Å². The van der Waals surface area contributed by atoms with Crippen LogP contribution in [0.5, 0.6) is 6.01 Å². The topological polar surface area (TPSA) is 72.3 Å². The number of hydrogen-bond acceptors (Lipinski definition) is 4. The standard InChI is InChI=1S/C9H12N2O3/c1-4-6-7(8(12)13)5(2)10-9(11-6)14-3/h4H2,1-3H3,(H,12,13). The summed E-state index contributed by atoms with van der Waals surface area (Å²) in [6.45, 7) is 3.47. The van der Waals surface area contributed by atoms with Gasteiger partial charge in [0.1, 0.15) is 5.56 Å². The second-order valence-corrected chi connectivity index (χ2v) is 2.78. The molecule has 0 unspecified atom stereocenters. The monoisotopic (exact) mass is 196 g/mol. The maximum Gasteiger partial charge on any atom is 0.339 e. The number of carboxylic acids is 1. The van der Waals surface area contributed by atoms with Gasteiger partial charge in [-0.25, -0.2) is 4.79 Å². The summed E-state index contributed by atoms with van der Waals surface area (Å²) in [7, 11) is 1.45. The van der Waals surface area contributed by atoms with Crippen molar-refractivity contribution < 1.29 is 14.6 Å². The molecule has 5 heteroatoms. The van der Waals surface area contributed by atoms with E-state index < -0.39 is 5.97 Å². The minimum Gasteiger partial charge on any atom is -0.478 e. The molecule has 0 atom stereocenters. The highest BCUT2D eigenvalue weighted by Crippen LogP contribution is 2.14. The number of rotatable bonds is 3. The Hall–Kier alpha value is -1.65. The van der Waals surface area contributed by atoms with Gasteiger partial charge in [-0.05, 0) is 13.3 Å². The molecule has 1 aromatic rings. The lowest BCUT2D eigenvalue weighted by Crippen LogP contribution is -2.10. The molecular formula is C9H12N2O3. The fraction of sp³-hybridized carbons (Fsp3) is 0.444. The molecule has 0 radical (unpaired) electrons. The molecule has 0 bridgehead atoms. The van der Waals surface area contributed by atoms with Crippen molar-refractivity contribution in [1.29, 1.82) is 0 Å². The minimum absolute atomic E-state index is 0.174. The first kappa shape index (κ1) is 10.4. The van der Waals surface area contributed by atoms with Crippen LogP contribution in [0.4, 0.5) is 0 Å². The van der Waals surface area contributed by atoms with E-state index in [1.165, 1.54) is 7.11 Å². The van der Waals surface area contributed by atoms with E-state index >= 15 is 0 Å². The number of nitrogens with zero attached hydrogens (tertiary/aromatic N) is 2. The first-order valence-electron chi connectivity index (χ1n) is 4.25. The molecule has 1 heterocycles. The molecule has 76 valence electrons. The third-order valence-corrected chi connectivity index (χ3v) is 1.88. The summed E-state index contributed by atoms with van der Waals surface area (Å²) in [5.41, 5.74) is 1.11. The highest BCUT2D eigenvalue weighted by molar-refractivity contribution is 5.90. The molecule has 1 aromatic heterocycles. The Morgan fingerprint density at radius 3 is 2.57 bits per heavy atom. The number of hydrogen-bond donors (Lipinski definition) is 1. The van der Waals surface area contributed by atoms with Crippen molar-refractivity contribution in [3.8, 4) is 6.01 Å². The zero-order chi connectivity index (χ0) is 10.7. The second-order valence-electron chi connectivity index (χ2n) is 2.78. The predicted molar refractivity (Wildman–Crippen MR) is 49.7 cm³/mol. The summed E-state index contributed by atoms with van der Waals surface area (Å²) in [6, 6.07) is 0.212. The summed E-state index contributed by atoms with van der Waals surface area (Å²) in [4.78, 5) is 18.8. The highest BCUT2D eigenvalue weighted by Gasteiger charge is 2.16. The van der Waals surface area contributed by atoms with Crippen LogP contribution in [0.15, 0.2) is 0 Å². The molecule has 1 rings (SSSR count). The van der Waals surface area contributed by atoms with Crippen molar-refractivity contribution in [3.05, 3.63) is 17.0 Å². The Labute approximate surface area is 81.8 Å². The zero-order valence-corrected chi connectivity index (χ0v) is 8.37. The summed E-state index contributed by atoms with van der Waals surface area (Å²) in [6.07, 6.45) is 0.543. The van der Waals surface area contributed by atoms with Gasteiger partial charge >= 0.3 is 12.0 Å². The van der Waals surface area contributed by atoms with Gasteiger partial charge in [-0.2, -0.15) is 9.97 Å². The average molecular weight is 196 g/mol. The Bertz CT molecular complexity index is 363. The van der Waals surface area contributed by atoms with Crippen LogP contribution < -0.4 is 4.74 Å². The van der Waals surface area contributed by atoms with Gasteiger partial charge in [0.25, 0.3) is 0 Å². The maximum atomic E-state index is 10.9. The van der Waals surface area contributed by atoms with Gasteiger partial charge in [0, 0.05) is 0 Å². The third kappa shape index (κ3) is 1.81. The number of methoxy groups -OCH3 is 1. The predicted octanol–water partition coefficient (Wildman–Crippen LogP) is 1.05. The van der Waals surface area contributed by atoms with Gasteiger partial charge in [-0.3, -0.25) is 0 Å². The van der Waals surface area contributed by atoms with E-state index in [1.807, 2.05) is 6.92 Å². The Morgan fingerprint density at radius 1 is 1.50 bits per heavy atom. The molecule has 14 heavy (non-hydrogen) atoms. The van der Waals surface area contributed by atoms with Gasteiger partial charge in [-0.15, -0.1) is 0 Å². The van der Waals surface area contributed by atoms with Gasteiger partial charge in [0.2, 0.25) is 0 Å². The van der Waals surface area contributed by atoms with Gasteiger partial charge in [-0.1, -0.05) is 6.92 Å². The molecule has 5 nitrogen and oxygen atoms in total. The van der Waals surface area contributed by atoms with E-state index in [9.17, 15) is 4.79 Å². The Balaban J connectivity index is 3.34. The summed E-state index contributed by atoms with van der Waals surface area (Å²) < 4.78 is 4.86.